The van der Waals surface area contributed by atoms with Crippen LogP contribution >= 0.6 is 0 Å². The number of carboxylic acid groups (broad SMARTS) is 2. The van der Waals surface area contributed by atoms with Gasteiger partial charge in [-0.05, 0) is 57.3 Å². The highest BCUT2D eigenvalue weighted by molar-refractivity contribution is 5.69. The summed E-state index contributed by atoms with van der Waals surface area (Å²) < 4.78 is 21.2. The van der Waals surface area contributed by atoms with Gasteiger partial charge in [0.25, 0.3) is 0 Å². The van der Waals surface area contributed by atoms with Gasteiger partial charge in [-0.3, -0.25) is 19.2 Å². The van der Waals surface area contributed by atoms with Gasteiger partial charge in [-0.15, -0.1) is 0 Å². The molecule has 11 heteroatoms. The summed E-state index contributed by atoms with van der Waals surface area (Å²) in [4.78, 5) is 44.1. The quantitative estimate of drug-likeness (QED) is 0.0525. The molecule has 0 bridgehead atoms. The van der Waals surface area contributed by atoms with Crippen LogP contribution in [0.5, 0.6) is 0 Å². The molecule has 0 heterocycles. The summed E-state index contributed by atoms with van der Waals surface area (Å²) >= 11 is 0. The molecule has 47 heavy (non-hydrogen) atoms. The Hall–Kier alpha value is -2.24. The Morgan fingerprint density at radius 1 is 0.702 bits per heavy atom. The maximum absolute atomic E-state index is 11.7. The first-order valence-corrected chi connectivity index (χ1v) is 18.1. The van der Waals surface area contributed by atoms with E-state index in [1.165, 1.54) is 19.3 Å². The van der Waals surface area contributed by atoms with Crippen molar-refractivity contribution in [3.8, 4) is 0 Å². The number of carboxylic acids is 2. The molecule has 1 saturated carbocycles. The fraction of sp³-hybridized carbons (Fsp3) is 0.889. The van der Waals surface area contributed by atoms with Crippen molar-refractivity contribution in [2.45, 2.75) is 161 Å². The molecule has 3 N–H and O–H groups in total. The monoisotopic (exact) mass is 674 g/mol. The second kappa shape index (κ2) is 28.7. The lowest BCUT2D eigenvalue weighted by Gasteiger charge is -2.21. The van der Waals surface area contributed by atoms with Crippen LogP contribution in [-0.2, 0) is 38.1 Å². The number of esters is 2. The van der Waals surface area contributed by atoms with E-state index < -0.39 is 11.9 Å². The third-order valence-electron chi connectivity index (χ3n) is 8.57. The topological polar surface area (TPSA) is 166 Å². The zero-order valence-electron chi connectivity index (χ0n) is 29.8. The lowest BCUT2D eigenvalue weighted by atomic mass is 9.90. The average molecular weight is 675 g/mol. The third kappa shape index (κ3) is 26.4. The SMILES string of the molecule is CC(COCCOC(=O)CCCCCCCC(=O)O)OCCOC(=O)CCCCCCCC(=O)O.CCCCC(CC)C1(O)CC1C. The molecule has 4 unspecified atom stereocenters. The Kier molecular flexibility index (Phi) is 27.4. The first kappa shape index (κ1) is 44.8. The number of rotatable bonds is 30. The average Bonchev–Trinajstić information content (AvgIpc) is 3.64. The van der Waals surface area contributed by atoms with Gasteiger partial charge in [-0.2, -0.15) is 0 Å². The Morgan fingerprint density at radius 3 is 1.57 bits per heavy atom. The minimum Gasteiger partial charge on any atom is -0.481 e. The molecule has 11 nitrogen and oxygen atoms in total. The number of aliphatic carboxylic acids is 2. The lowest BCUT2D eigenvalue weighted by molar-refractivity contribution is -0.148. The van der Waals surface area contributed by atoms with E-state index in [4.69, 9.17) is 29.2 Å². The number of unbranched alkanes of at least 4 members (excludes halogenated alkanes) is 9. The van der Waals surface area contributed by atoms with Gasteiger partial charge < -0.3 is 34.3 Å². The third-order valence-corrected chi connectivity index (χ3v) is 8.57. The molecule has 276 valence electrons. The highest BCUT2D eigenvalue weighted by Crippen LogP contribution is 2.51. The molecule has 1 fully saturated rings. The molecule has 0 amide bonds. The molecule has 1 aliphatic rings. The van der Waals surface area contributed by atoms with Gasteiger partial charge in [0.05, 0.1) is 31.5 Å². The van der Waals surface area contributed by atoms with Gasteiger partial charge in [0.2, 0.25) is 0 Å². The van der Waals surface area contributed by atoms with Crippen molar-refractivity contribution in [2.24, 2.45) is 11.8 Å². The van der Waals surface area contributed by atoms with Crippen LogP contribution in [0.2, 0.25) is 0 Å². The van der Waals surface area contributed by atoms with Crippen molar-refractivity contribution in [3.05, 3.63) is 0 Å². The number of carbonyl (C=O) groups excluding carboxylic acids is 2. The van der Waals surface area contributed by atoms with Crippen LogP contribution in [0, 0.1) is 11.8 Å². The van der Waals surface area contributed by atoms with E-state index in [2.05, 4.69) is 20.8 Å². The van der Waals surface area contributed by atoms with Gasteiger partial charge in [-0.1, -0.05) is 78.6 Å². The molecular weight excluding hydrogens is 608 g/mol. The Labute approximate surface area is 283 Å². The van der Waals surface area contributed by atoms with Crippen LogP contribution in [-0.4, -0.2) is 83.9 Å². The smallest absolute Gasteiger partial charge is 0.305 e. The van der Waals surface area contributed by atoms with Crippen molar-refractivity contribution in [1.82, 2.24) is 0 Å². The maximum Gasteiger partial charge on any atom is 0.305 e. The molecule has 0 spiro atoms. The van der Waals surface area contributed by atoms with E-state index in [9.17, 15) is 24.3 Å². The number of hydrogen-bond donors (Lipinski definition) is 3. The molecule has 0 aliphatic heterocycles. The van der Waals surface area contributed by atoms with Crippen molar-refractivity contribution >= 4 is 23.9 Å². The summed E-state index contributed by atoms with van der Waals surface area (Å²) in [7, 11) is 0. The van der Waals surface area contributed by atoms with E-state index in [0.29, 0.717) is 44.1 Å². The van der Waals surface area contributed by atoms with Crippen LogP contribution in [0.25, 0.3) is 0 Å². The van der Waals surface area contributed by atoms with Gasteiger partial charge >= 0.3 is 23.9 Å². The molecule has 0 saturated heterocycles. The van der Waals surface area contributed by atoms with Crippen molar-refractivity contribution < 1.29 is 53.4 Å². The molecule has 1 rings (SSSR count). The number of ether oxygens (including phenoxy) is 4. The van der Waals surface area contributed by atoms with Crippen LogP contribution in [0.4, 0.5) is 0 Å². The number of carbonyl (C=O) groups is 4. The predicted octanol–water partition coefficient (Wildman–Crippen LogP) is 7.10. The van der Waals surface area contributed by atoms with Crippen LogP contribution < -0.4 is 0 Å². The summed E-state index contributed by atoms with van der Waals surface area (Å²) in [6, 6.07) is 0. The Morgan fingerprint density at radius 2 is 1.15 bits per heavy atom. The predicted molar refractivity (Wildman–Crippen MR) is 180 cm³/mol. The van der Waals surface area contributed by atoms with E-state index in [1.807, 2.05) is 6.92 Å². The zero-order chi connectivity index (χ0) is 35.3. The summed E-state index contributed by atoms with van der Waals surface area (Å²) in [6.45, 7) is 9.67. The fourth-order valence-electron chi connectivity index (χ4n) is 5.47. The van der Waals surface area contributed by atoms with E-state index in [-0.39, 0.29) is 62.9 Å². The molecule has 4 atom stereocenters. The lowest BCUT2D eigenvalue weighted by Crippen LogP contribution is -2.23. The highest BCUT2D eigenvalue weighted by atomic mass is 16.6. The second-order valence-corrected chi connectivity index (χ2v) is 12.9. The van der Waals surface area contributed by atoms with Crippen LogP contribution in [0.3, 0.4) is 0 Å². The second-order valence-electron chi connectivity index (χ2n) is 12.9. The maximum atomic E-state index is 11.7. The van der Waals surface area contributed by atoms with Crippen LogP contribution in [0.1, 0.15) is 150 Å². The molecule has 0 aromatic carbocycles. The summed E-state index contributed by atoms with van der Waals surface area (Å²) in [5.74, 6) is -0.952. The fourth-order valence-corrected chi connectivity index (χ4v) is 5.47. The van der Waals surface area contributed by atoms with Gasteiger partial charge in [-0.25, -0.2) is 0 Å². The van der Waals surface area contributed by atoms with Crippen molar-refractivity contribution in [2.75, 3.05) is 33.0 Å². The van der Waals surface area contributed by atoms with E-state index >= 15 is 0 Å². The molecular formula is C36H66O11. The summed E-state index contributed by atoms with van der Waals surface area (Å²) in [5.41, 5.74) is -0.274. The summed E-state index contributed by atoms with van der Waals surface area (Å²) in [6.07, 6.45) is 14.9. The van der Waals surface area contributed by atoms with Gasteiger partial charge in [0, 0.05) is 25.7 Å². The van der Waals surface area contributed by atoms with E-state index in [0.717, 1.165) is 64.2 Å². The Balaban J connectivity index is 0.00000146. The normalized spacial score (nSPS) is 18.0. The van der Waals surface area contributed by atoms with Gasteiger partial charge in [0.15, 0.2) is 0 Å². The summed E-state index contributed by atoms with van der Waals surface area (Å²) in [5, 5.41) is 27.2. The van der Waals surface area contributed by atoms with Gasteiger partial charge in [0.1, 0.15) is 13.2 Å². The highest BCUT2D eigenvalue weighted by Gasteiger charge is 2.53. The van der Waals surface area contributed by atoms with E-state index in [1.54, 1.807) is 0 Å². The zero-order valence-corrected chi connectivity index (χ0v) is 29.8. The number of hydrogen-bond acceptors (Lipinski definition) is 9. The minimum atomic E-state index is -0.774. The molecule has 1 aliphatic carbocycles. The molecule has 0 aromatic heterocycles. The first-order valence-electron chi connectivity index (χ1n) is 18.1. The number of aliphatic hydroxyl groups is 1. The van der Waals surface area contributed by atoms with Crippen molar-refractivity contribution in [1.29, 1.82) is 0 Å². The minimum absolute atomic E-state index is 0.180. The standard InChI is InChI=1S/C25H44O10.C11H22O/c1-21(33-18-19-35-25(31)15-11-7-3-5-9-13-23(28)29)20-32-16-17-34-24(30)14-10-6-2-4-8-12-22(26)27;1-4-6-7-10(5-2)11(12)8-9(11)3/h21H,2-20H2,1H3,(H,26,27)(H,28,29);9-10,12H,4-8H2,1-3H3. The largest absolute Gasteiger partial charge is 0.481 e. The van der Waals surface area contributed by atoms with Crippen molar-refractivity contribution in [3.63, 3.8) is 0 Å². The first-order chi connectivity index (χ1) is 22.5. The van der Waals surface area contributed by atoms with Crippen LogP contribution in [0.15, 0.2) is 0 Å². The molecule has 0 radical (unpaired) electrons. The Bertz CT molecular complexity index is 834. The molecule has 0 aromatic rings.